The van der Waals surface area contributed by atoms with Crippen LogP contribution in [-0.2, 0) is 0 Å². The molecule has 0 radical (unpaired) electrons. The first kappa shape index (κ1) is 18.5. The molecule has 1 atom stereocenters. The summed E-state index contributed by atoms with van der Waals surface area (Å²) in [4.78, 5) is 4.53. The smallest absolute Gasteiger partial charge is 0.262 e. The Hall–Kier alpha value is -2.27. The third-order valence-corrected chi connectivity index (χ3v) is 4.26. The lowest BCUT2D eigenvalue weighted by molar-refractivity contribution is 0.209. The van der Waals surface area contributed by atoms with Crippen LogP contribution in [-0.4, -0.2) is 30.8 Å². The maximum absolute atomic E-state index is 6.09. The molecule has 0 aliphatic carbocycles. The molecule has 26 heavy (non-hydrogen) atoms. The lowest BCUT2D eigenvalue weighted by Crippen LogP contribution is -2.33. The summed E-state index contributed by atoms with van der Waals surface area (Å²) >= 11 is 0. The van der Waals surface area contributed by atoms with Crippen LogP contribution in [0.15, 0.2) is 36.4 Å². The zero-order valence-electron chi connectivity index (χ0n) is 15.8. The molecule has 5 nitrogen and oxygen atoms in total. The molecule has 1 fully saturated rings. The molecule has 0 bridgehead atoms. The van der Waals surface area contributed by atoms with E-state index in [0.29, 0.717) is 35.7 Å². The van der Waals surface area contributed by atoms with Crippen molar-refractivity contribution in [3.8, 4) is 23.1 Å². The van der Waals surface area contributed by atoms with Gasteiger partial charge in [-0.1, -0.05) is 12.1 Å². The van der Waals surface area contributed by atoms with E-state index in [1.54, 1.807) is 0 Å². The van der Waals surface area contributed by atoms with Crippen LogP contribution in [0.1, 0.15) is 32.4 Å². The highest BCUT2D eigenvalue weighted by Crippen LogP contribution is 2.35. The molecule has 1 saturated heterocycles. The lowest BCUT2D eigenvalue weighted by Gasteiger charge is -2.23. The number of benzene rings is 1. The van der Waals surface area contributed by atoms with Crippen LogP contribution in [0.3, 0.4) is 0 Å². The Kier molecular flexibility index (Phi) is 6.34. The predicted octanol–water partition coefficient (Wildman–Crippen LogP) is 4.35. The fourth-order valence-electron chi connectivity index (χ4n) is 2.97. The van der Waals surface area contributed by atoms with Crippen LogP contribution in [0, 0.1) is 12.8 Å². The van der Waals surface area contributed by atoms with Crippen LogP contribution < -0.4 is 19.5 Å². The summed E-state index contributed by atoms with van der Waals surface area (Å²) in [5.74, 6) is 3.01. The van der Waals surface area contributed by atoms with Gasteiger partial charge in [-0.25, -0.2) is 4.98 Å². The average Bonchev–Trinajstić information content (AvgIpc) is 2.63. The first-order chi connectivity index (χ1) is 12.6. The Morgan fingerprint density at radius 3 is 2.65 bits per heavy atom. The fraction of sp³-hybridized carbons (Fsp3) is 0.476. The van der Waals surface area contributed by atoms with Crippen molar-refractivity contribution in [1.29, 1.82) is 0 Å². The summed E-state index contributed by atoms with van der Waals surface area (Å²) in [6, 6.07) is 11.5. The van der Waals surface area contributed by atoms with Crippen molar-refractivity contribution in [2.45, 2.75) is 39.7 Å². The third-order valence-electron chi connectivity index (χ3n) is 4.26. The highest BCUT2D eigenvalue weighted by atomic mass is 16.5. The van der Waals surface area contributed by atoms with Crippen LogP contribution >= 0.6 is 0 Å². The Morgan fingerprint density at radius 1 is 1.12 bits per heavy atom. The molecule has 1 N–H and O–H groups in total. The van der Waals surface area contributed by atoms with Gasteiger partial charge in [0.15, 0.2) is 17.2 Å². The summed E-state index contributed by atoms with van der Waals surface area (Å²) in [6.45, 7) is 8.70. The predicted molar refractivity (Wildman–Crippen MR) is 102 cm³/mol. The van der Waals surface area contributed by atoms with E-state index in [9.17, 15) is 0 Å². The standard InChI is InChI=1S/C21H28N2O3/c1-15(2)25-18-8-4-5-9-19(18)26-21-20(11-10-16(3)23-21)24-14-17-7-6-12-22-13-17/h4-5,8-11,15,17,22H,6-7,12-14H2,1-3H3. The number of ether oxygens (including phenoxy) is 3. The first-order valence-corrected chi connectivity index (χ1v) is 9.36. The minimum atomic E-state index is 0.0692. The molecule has 1 unspecified atom stereocenters. The molecule has 1 aromatic heterocycles. The molecule has 3 rings (SSSR count). The number of nitrogens with zero attached hydrogens (tertiary/aromatic N) is 1. The zero-order chi connectivity index (χ0) is 18.4. The molecular weight excluding hydrogens is 328 g/mol. The quantitative estimate of drug-likeness (QED) is 0.799. The maximum Gasteiger partial charge on any atom is 0.262 e. The van der Waals surface area contributed by atoms with Gasteiger partial charge in [-0.05, 0) is 64.4 Å². The van der Waals surface area contributed by atoms with Crippen molar-refractivity contribution in [2.24, 2.45) is 5.92 Å². The topological polar surface area (TPSA) is 52.6 Å². The summed E-state index contributed by atoms with van der Waals surface area (Å²) in [7, 11) is 0. The summed E-state index contributed by atoms with van der Waals surface area (Å²) in [5.41, 5.74) is 0.883. The molecule has 0 amide bonds. The van der Waals surface area contributed by atoms with Gasteiger partial charge in [0.2, 0.25) is 0 Å². The normalized spacial score (nSPS) is 17.2. The van der Waals surface area contributed by atoms with Crippen molar-refractivity contribution in [1.82, 2.24) is 10.3 Å². The highest BCUT2D eigenvalue weighted by molar-refractivity contribution is 5.45. The van der Waals surface area contributed by atoms with Gasteiger partial charge in [0.05, 0.1) is 12.7 Å². The van der Waals surface area contributed by atoms with E-state index < -0.39 is 0 Å². The lowest BCUT2D eigenvalue weighted by atomic mass is 10.0. The Bertz CT molecular complexity index is 712. The van der Waals surface area contributed by atoms with Gasteiger partial charge in [0, 0.05) is 18.2 Å². The number of para-hydroxylation sites is 2. The second-order valence-corrected chi connectivity index (χ2v) is 6.99. The molecule has 2 heterocycles. The zero-order valence-corrected chi connectivity index (χ0v) is 15.8. The molecule has 0 spiro atoms. The van der Waals surface area contributed by atoms with E-state index in [2.05, 4.69) is 10.3 Å². The number of rotatable bonds is 7. The van der Waals surface area contributed by atoms with E-state index in [4.69, 9.17) is 14.2 Å². The van der Waals surface area contributed by atoms with Gasteiger partial charge < -0.3 is 19.5 Å². The van der Waals surface area contributed by atoms with Gasteiger partial charge in [0.1, 0.15) is 0 Å². The minimum Gasteiger partial charge on any atom is -0.488 e. The Morgan fingerprint density at radius 2 is 1.92 bits per heavy atom. The van der Waals surface area contributed by atoms with Gasteiger partial charge in [-0.3, -0.25) is 0 Å². The number of pyridine rings is 1. The summed E-state index contributed by atoms with van der Waals surface area (Å²) in [5, 5.41) is 3.42. The molecule has 140 valence electrons. The van der Waals surface area contributed by atoms with Gasteiger partial charge >= 0.3 is 0 Å². The van der Waals surface area contributed by atoms with Crippen molar-refractivity contribution >= 4 is 0 Å². The van der Waals surface area contributed by atoms with Crippen LogP contribution in [0.5, 0.6) is 23.1 Å². The highest BCUT2D eigenvalue weighted by Gasteiger charge is 2.17. The molecule has 5 heteroatoms. The van der Waals surface area contributed by atoms with Crippen LogP contribution in [0.4, 0.5) is 0 Å². The molecule has 2 aromatic rings. The van der Waals surface area contributed by atoms with Gasteiger partial charge in [-0.2, -0.15) is 0 Å². The van der Waals surface area contributed by atoms with Gasteiger partial charge in [0.25, 0.3) is 5.88 Å². The third kappa shape index (κ3) is 5.11. The summed E-state index contributed by atoms with van der Waals surface area (Å²) < 4.78 is 18.0. The molecule has 1 aromatic carbocycles. The van der Waals surface area contributed by atoms with Gasteiger partial charge in [-0.15, -0.1) is 0 Å². The second-order valence-electron chi connectivity index (χ2n) is 6.99. The minimum absolute atomic E-state index is 0.0692. The Labute approximate surface area is 155 Å². The molecule has 0 saturated carbocycles. The number of piperidine rings is 1. The maximum atomic E-state index is 6.09. The van der Waals surface area contributed by atoms with Crippen molar-refractivity contribution in [2.75, 3.05) is 19.7 Å². The van der Waals surface area contributed by atoms with Crippen molar-refractivity contribution < 1.29 is 14.2 Å². The molecule has 1 aliphatic rings. The van der Waals surface area contributed by atoms with Crippen LogP contribution in [0.25, 0.3) is 0 Å². The van der Waals surface area contributed by atoms with Crippen molar-refractivity contribution in [3.63, 3.8) is 0 Å². The van der Waals surface area contributed by atoms with E-state index in [0.717, 1.165) is 18.8 Å². The number of hydrogen-bond donors (Lipinski definition) is 1. The van der Waals surface area contributed by atoms with Crippen molar-refractivity contribution in [3.05, 3.63) is 42.1 Å². The number of aryl methyl sites for hydroxylation is 1. The monoisotopic (exact) mass is 356 g/mol. The number of hydrogen-bond acceptors (Lipinski definition) is 5. The second kappa shape index (κ2) is 8.90. The first-order valence-electron chi connectivity index (χ1n) is 9.36. The van der Waals surface area contributed by atoms with E-state index in [1.165, 1.54) is 12.8 Å². The average molecular weight is 356 g/mol. The van der Waals surface area contributed by atoms with Crippen LogP contribution in [0.2, 0.25) is 0 Å². The number of nitrogens with one attached hydrogen (secondary N) is 1. The summed E-state index contributed by atoms with van der Waals surface area (Å²) in [6.07, 6.45) is 2.46. The van der Waals surface area contributed by atoms with E-state index in [-0.39, 0.29) is 6.10 Å². The SMILES string of the molecule is Cc1ccc(OCC2CCCNC2)c(Oc2ccccc2OC(C)C)n1. The van der Waals surface area contributed by atoms with E-state index in [1.807, 2.05) is 57.2 Å². The Balaban J connectivity index is 1.75. The fourth-order valence-corrected chi connectivity index (χ4v) is 2.97. The van der Waals surface area contributed by atoms with E-state index >= 15 is 0 Å². The molecule has 1 aliphatic heterocycles. The molecular formula is C21H28N2O3. The number of aromatic nitrogens is 1. The largest absolute Gasteiger partial charge is 0.488 e.